The highest BCUT2D eigenvalue weighted by Gasteiger charge is 2.33. The Bertz CT molecular complexity index is 884. The smallest absolute Gasteiger partial charge is 0.243 e. The van der Waals surface area contributed by atoms with Crippen molar-refractivity contribution in [3.63, 3.8) is 0 Å². The van der Waals surface area contributed by atoms with Gasteiger partial charge in [0.25, 0.3) is 0 Å². The van der Waals surface area contributed by atoms with Crippen LogP contribution in [0.15, 0.2) is 59.5 Å². The van der Waals surface area contributed by atoms with E-state index in [0.29, 0.717) is 32.5 Å². The number of nitrogens with zero attached hydrogens (tertiary/aromatic N) is 1. The van der Waals surface area contributed by atoms with E-state index < -0.39 is 10.0 Å². The van der Waals surface area contributed by atoms with Gasteiger partial charge in [-0.05, 0) is 36.1 Å². The van der Waals surface area contributed by atoms with Crippen molar-refractivity contribution in [2.45, 2.75) is 17.7 Å². The Morgan fingerprint density at radius 2 is 1.85 bits per heavy atom. The van der Waals surface area contributed by atoms with Crippen molar-refractivity contribution in [1.82, 2.24) is 9.62 Å². The van der Waals surface area contributed by atoms with E-state index in [1.807, 2.05) is 36.4 Å². The molecule has 0 aromatic heterocycles. The molecule has 7 heteroatoms. The molecule has 27 heavy (non-hydrogen) atoms. The minimum absolute atomic E-state index is 0.126. The van der Waals surface area contributed by atoms with Crippen molar-refractivity contribution in [2.24, 2.45) is 11.7 Å². The molecule has 144 valence electrons. The first-order valence-electron chi connectivity index (χ1n) is 9.16. The predicted octanol–water partition coefficient (Wildman–Crippen LogP) is 1.83. The normalized spacial score (nSPS) is 18.2. The van der Waals surface area contributed by atoms with Gasteiger partial charge in [0.1, 0.15) is 0 Å². The van der Waals surface area contributed by atoms with Crippen LogP contribution in [0.25, 0.3) is 11.1 Å². The third kappa shape index (κ3) is 4.55. The maximum Gasteiger partial charge on any atom is 0.243 e. The first-order chi connectivity index (χ1) is 13.0. The second-order valence-corrected chi connectivity index (χ2v) is 8.61. The molecule has 1 atom stereocenters. The molecule has 0 radical (unpaired) electrons. The van der Waals surface area contributed by atoms with Crippen LogP contribution in [-0.4, -0.2) is 44.8 Å². The average molecular weight is 388 g/mol. The van der Waals surface area contributed by atoms with Crippen molar-refractivity contribution < 1.29 is 13.2 Å². The zero-order chi connectivity index (χ0) is 19.3. The Hall–Kier alpha value is -2.22. The Labute approximate surface area is 160 Å². The van der Waals surface area contributed by atoms with Gasteiger partial charge in [0, 0.05) is 26.2 Å². The summed E-state index contributed by atoms with van der Waals surface area (Å²) in [5, 5.41) is 2.76. The third-order valence-corrected chi connectivity index (χ3v) is 6.64. The molecule has 2 aromatic rings. The minimum atomic E-state index is -3.65. The van der Waals surface area contributed by atoms with Crippen LogP contribution in [-0.2, 0) is 14.8 Å². The molecular weight excluding hydrogens is 362 g/mol. The number of piperidine rings is 1. The second kappa shape index (κ2) is 8.65. The number of nitrogens with one attached hydrogen (secondary N) is 1. The number of hydrogen-bond acceptors (Lipinski definition) is 4. The summed E-state index contributed by atoms with van der Waals surface area (Å²) < 4.78 is 27.7. The van der Waals surface area contributed by atoms with Gasteiger partial charge in [-0.25, -0.2) is 8.42 Å². The molecule has 2 aromatic carbocycles. The van der Waals surface area contributed by atoms with Crippen LogP contribution in [0.3, 0.4) is 0 Å². The fourth-order valence-electron chi connectivity index (χ4n) is 3.33. The van der Waals surface area contributed by atoms with Crippen molar-refractivity contribution in [2.75, 3.05) is 26.2 Å². The van der Waals surface area contributed by atoms with Gasteiger partial charge in [-0.15, -0.1) is 0 Å². The SMILES string of the molecule is NCCNC(=O)C1CCCN(S(=O)(=O)c2cccc(-c3ccccc3)c2)C1. The number of sulfonamides is 1. The Balaban J connectivity index is 1.81. The predicted molar refractivity (Wildman–Crippen MR) is 105 cm³/mol. The van der Waals surface area contributed by atoms with Gasteiger partial charge in [-0.1, -0.05) is 42.5 Å². The lowest BCUT2D eigenvalue weighted by Gasteiger charge is -2.31. The Morgan fingerprint density at radius 1 is 1.11 bits per heavy atom. The molecule has 0 aliphatic carbocycles. The summed E-state index contributed by atoms with van der Waals surface area (Å²) >= 11 is 0. The van der Waals surface area contributed by atoms with Crippen molar-refractivity contribution in [1.29, 1.82) is 0 Å². The molecule has 1 unspecified atom stereocenters. The van der Waals surface area contributed by atoms with Crippen LogP contribution >= 0.6 is 0 Å². The molecule has 0 bridgehead atoms. The standard InChI is InChI=1S/C20H25N3O3S/c21-11-12-22-20(24)18-9-5-13-23(15-18)27(25,26)19-10-4-8-17(14-19)16-6-2-1-3-7-16/h1-4,6-8,10,14,18H,5,9,11-13,15,21H2,(H,22,24). The third-order valence-electron chi connectivity index (χ3n) is 4.78. The van der Waals surface area contributed by atoms with Gasteiger partial charge >= 0.3 is 0 Å². The highest BCUT2D eigenvalue weighted by atomic mass is 32.2. The number of rotatable bonds is 6. The van der Waals surface area contributed by atoms with Gasteiger partial charge in [0.05, 0.1) is 10.8 Å². The maximum atomic E-state index is 13.1. The van der Waals surface area contributed by atoms with Crippen molar-refractivity contribution in [3.05, 3.63) is 54.6 Å². The van der Waals surface area contributed by atoms with Gasteiger partial charge < -0.3 is 11.1 Å². The van der Waals surface area contributed by atoms with Crippen LogP contribution in [0.2, 0.25) is 0 Å². The van der Waals surface area contributed by atoms with E-state index >= 15 is 0 Å². The summed E-state index contributed by atoms with van der Waals surface area (Å²) in [5.74, 6) is -0.462. The fraction of sp³-hybridized carbons (Fsp3) is 0.350. The number of carbonyl (C=O) groups excluding carboxylic acids is 1. The van der Waals surface area contributed by atoms with E-state index in [2.05, 4.69) is 5.32 Å². The molecule has 1 heterocycles. The van der Waals surface area contributed by atoms with E-state index in [1.165, 1.54) is 4.31 Å². The monoisotopic (exact) mass is 387 g/mol. The molecule has 1 saturated heterocycles. The molecule has 0 spiro atoms. The van der Waals surface area contributed by atoms with Crippen LogP contribution in [0.1, 0.15) is 12.8 Å². The molecule has 6 nitrogen and oxygen atoms in total. The molecule has 1 amide bonds. The fourth-order valence-corrected chi connectivity index (χ4v) is 4.90. The molecular formula is C20H25N3O3S. The van der Waals surface area contributed by atoms with Gasteiger partial charge in [-0.2, -0.15) is 4.31 Å². The van der Waals surface area contributed by atoms with E-state index in [1.54, 1.807) is 18.2 Å². The molecule has 1 aliphatic heterocycles. The minimum Gasteiger partial charge on any atom is -0.355 e. The zero-order valence-electron chi connectivity index (χ0n) is 15.2. The number of hydrogen-bond donors (Lipinski definition) is 2. The largest absolute Gasteiger partial charge is 0.355 e. The van der Waals surface area contributed by atoms with E-state index in [9.17, 15) is 13.2 Å². The van der Waals surface area contributed by atoms with E-state index in [4.69, 9.17) is 5.73 Å². The van der Waals surface area contributed by atoms with E-state index in [-0.39, 0.29) is 23.3 Å². The average Bonchev–Trinajstić information content (AvgIpc) is 2.73. The maximum absolute atomic E-state index is 13.1. The van der Waals surface area contributed by atoms with Crippen LogP contribution in [0.4, 0.5) is 0 Å². The zero-order valence-corrected chi connectivity index (χ0v) is 16.0. The van der Waals surface area contributed by atoms with Crippen molar-refractivity contribution >= 4 is 15.9 Å². The number of benzene rings is 2. The first-order valence-corrected chi connectivity index (χ1v) is 10.6. The molecule has 3 rings (SSSR count). The highest BCUT2D eigenvalue weighted by Crippen LogP contribution is 2.27. The topological polar surface area (TPSA) is 92.5 Å². The summed E-state index contributed by atoms with van der Waals surface area (Å²) in [6.07, 6.45) is 1.35. The highest BCUT2D eigenvalue weighted by molar-refractivity contribution is 7.89. The summed E-state index contributed by atoms with van der Waals surface area (Å²) in [4.78, 5) is 12.5. The quantitative estimate of drug-likeness (QED) is 0.791. The van der Waals surface area contributed by atoms with E-state index in [0.717, 1.165) is 11.1 Å². The molecule has 1 fully saturated rings. The van der Waals surface area contributed by atoms with Crippen LogP contribution in [0.5, 0.6) is 0 Å². The summed E-state index contributed by atoms with van der Waals surface area (Å²) in [7, 11) is -3.65. The number of amides is 1. The second-order valence-electron chi connectivity index (χ2n) is 6.68. The summed E-state index contributed by atoms with van der Waals surface area (Å²) in [6, 6.07) is 16.6. The lowest BCUT2D eigenvalue weighted by atomic mass is 9.99. The van der Waals surface area contributed by atoms with Crippen LogP contribution in [0, 0.1) is 5.92 Å². The van der Waals surface area contributed by atoms with Gasteiger partial charge in [-0.3, -0.25) is 4.79 Å². The lowest BCUT2D eigenvalue weighted by molar-refractivity contribution is -0.126. The molecule has 3 N–H and O–H groups in total. The lowest BCUT2D eigenvalue weighted by Crippen LogP contribution is -2.46. The first kappa shape index (κ1) is 19.5. The summed E-state index contributed by atoms with van der Waals surface area (Å²) in [5.41, 5.74) is 7.24. The Morgan fingerprint density at radius 3 is 2.59 bits per heavy atom. The number of carbonyl (C=O) groups is 1. The van der Waals surface area contributed by atoms with Crippen LogP contribution < -0.4 is 11.1 Å². The molecule has 0 saturated carbocycles. The number of nitrogens with two attached hydrogens (primary N) is 1. The van der Waals surface area contributed by atoms with Gasteiger partial charge in [0.15, 0.2) is 0 Å². The molecule has 1 aliphatic rings. The van der Waals surface area contributed by atoms with Gasteiger partial charge in [0.2, 0.25) is 15.9 Å². The van der Waals surface area contributed by atoms with Crippen molar-refractivity contribution in [3.8, 4) is 11.1 Å². The summed E-state index contributed by atoms with van der Waals surface area (Å²) in [6.45, 7) is 1.40. The Kier molecular flexibility index (Phi) is 6.26.